The maximum Gasteiger partial charge on any atom is 0.236 e. The molecule has 0 atom stereocenters. The van der Waals surface area contributed by atoms with E-state index >= 15 is 0 Å². The van der Waals surface area contributed by atoms with Gasteiger partial charge in [0.2, 0.25) is 5.95 Å². The van der Waals surface area contributed by atoms with Crippen molar-refractivity contribution in [2.45, 2.75) is 0 Å². The van der Waals surface area contributed by atoms with E-state index < -0.39 is 0 Å². The number of benzene rings is 5. The van der Waals surface area contributed by atoms with Crippen molar-refractivity contribution >= 4 is 65.7 Å². The van der Waals surface area contributed by atoms with Crippen LogP contribution in [0.2, 0.25) is 0 Å². The summed E-state index contributed by atoms with van der Waals surface area (Å²) < 4.78 is 10.8. The van der Waals surface area contributed by atoms with Crippen molar-refractivity contribution in [1.29, 1.82) is 0 Å². The van der Waals surface area contributed by atoms with Crippen molar-refractivity contribution in [3.05, 3.63) is 134 Å². The normalized spacial score (nSPS) is 12.0. The number of fused-ring (bicyclic) bond motifs is 9. The van der Waals surface area contributed by atoms with E-state index in [1.54, 1.807) is 12.5 Å². The largest absolute Gasteiger partial charge is 0.452 e. The van der Waals surface area contributed by atoms with Crippen LogP contribution in [-0.4, -0.2) is 29.1 Å². The van der Waals surface area contributed by atoms with Crippen LogP contribution in [0.15, 0.2) is 138 Å². The summed E-state index contributed by atoms with van der Waals surface area (Å²) in [5, 5.41) is 5.54. The quantitative estimate of drug-likeness (QED) is 0.209. The van der Waals surface area contributed by atoms with Crippen LogP contribution < -0.4 is 0 Å². The Balaban J connectivity index is 1.37. The van der Waals surface area contributed by atoms with Crippen LogP contribution in [0.1, 0.15) is 0 Å². The second-order valence-corrected chi connectivity index (χ2v) is 11.2. The molecule has 7 heteroatoms. The van der Waals surface area contributed by atoms with Crippen LogP contribution >= 0.6 is 0 Å². The highest BCUT2D eigenvalue weighted by atomic mass is 16.3. The Morgan fingerprint density at radius 1 is 0.533 bits per heavy atom. The molecule has 0 saturated carbocycles. The van der Waals surface area contributed by atoms with Gasteiger partial charge in [0, 0.05) is 38.7 Å². The zero-order chi connectivity index (χ0) is 29.5. The van der Waals surface area contributed by atoms with Gasteiger partial charge in [0.25, 0.3) is 0 Å². The maximum atomic E-state index is 6.39. The molecule has 0 saturated heterocycles. The van der Waals surface area contributed by atoms with Gasteiger partial charge in [-0.15, -0.1) is 0 Å². The summed E-state index contributed by atoms with van der Waals surface area (Å²) in [5.74, 6) is 1.40. The van der Waals surface area contributed by atoms with E-state index in [1.807, 2.05) is 42.5 Å². The average Bonchev–Trinajstić information content (AvgIpc) is 3.75. The minimum atomic E-state index is 0.586. The Kier molecular flexibility index (Phi) is 4.87. The summed E-state index contributed by atoms with van der Waals surface area (Å²) >= 11 is 0. The van der Waals surface area contributed by atoms with E-state index in [9.17, 15) is 0 Å². The number of hydrogen-bond acceptors (Lipinski definition) is 5. The number of rotatable bonds is 3. The topological polar surface area (TPSA) is 74.6 Å². The molecular formula is C38H22N6O. The van der Waals surface area contributed by atoms with E-state index in [-0.39, 0.29) is 0 Å². The third kappa shape index (κ3) is 3.40. The minimum absolute atomic E-state index is 0.586. The molecule has 45 heavy (non-hydrogen) atoms. The van der Waals surface area contributed by atoms with Gasteiger partial charge in [-0.05, 0) is 42.5 Å². The summed E-state index contributed by atoms with van der Waals surface area (Å²) in [5.41, 5.74) is 8.15. The highest BCUT2D eigenvalue weighted by Crippen LogP contribution is 2.40. The van der Waals surface area contributed by atoms with Crippen molar-refractivity contribution in [2.75, 3.05) is 0 Å². The fraction of sp³-hybridized carbons (Fsp3) is 0. The van der Waals surface area contributed by atoms with Crippen LogP contribution in [0, 0.1) is 0 Å². The predicted molar refractivity (Wildman–Crippen MR) is 179 cm³/mol. The van der Waals surface area contributed by atoms with Crippen LogP contribution in [0.25, 0.3) is 88.7 Å². The molecule has 7 nitrogen and oxygen atoms in total. The molecule has 210 valence electrons. The monoisotopic (exact) mass is 578 g/mol. The molecule has 5 aromatic carbocycles. The smallest absolute Gasteiger partial charge is 0.236 e. The number of para-hydroxylation sites is 3. The fourth-order valence-corrected chi connectivity index (χ4v) is 6.78. The summed E-state index contributed by atoms with van der Waals surface area (Å²) in [6.07, 6.45) is 3.37. The van der Waals surface area contributed by atoms with Crippen LogP contribution in [0.3, 0.4) is 0 Å². The Morgan fingerprint density at radius 3 is 1.96 bits per heavy atom. The Bertz CT molecular complexity index is 2760. The van der Waals surface area contributed by atoms with Crippen molar-refractivity contribution in [3.8, 4) is 23.0 Å². The lowest BCUT2D eigenvalue weighted by Gasteiger charge is -2.10. The highest BCUT2D eigenvalue weighted by molar-refractivity contribution is 6.19. The van der Waals surface area contributed by atoms with E-state index in [1.165, 1.54) is 5.39 Å². The molecule has 5 aromatic heterocycles. The van der Waals surface area contributed by atoms with Crippen molar-refractivity contribution < 1.29 is 4.42 Å². The fourth-order valence-electron chi connectivity index (χ4n) is 6.78. The zero-order valence-corrected chi connectivity index (χ0v) is 23.8. The maximum absolute atomic E-state index is 6.39. The lowest BCUT2D eigenvalue weighted by molar-refractivity contribution is 0.666. The third-order valence-electron chi connectivity index (χ3n) is 8.72. The van der Waals surface area contributed by atoms with Gasteiger partial charge in [-0.3, -0.25) is 9.13 Å². The molecule has 0 spiro atoms. The summed E-state index contributed by atoms with van der Waals surface area (Å²) in [7, 11) is 0. The molecule has 0 aliphatic rings. The first kappa shape index (κ1) is 24.1. The molecule has 0 aliphatic heterocycles. The van der Waals surface area contributed by atoms with Gasteiger partial charge in [0.15, 0.2) is 5.58 Å². The lowest BCUT2D eigenvalue weighted by atomic mass is 10.1. The Morgan fingerprint density at radius 2 is 1.20 bits per heavy atom. The van der Waals surface area contributed by atoms with E-state index in [0.29, 0.717) is 11.5 Å². The molecular weight excluding hydrogens is 556 g/mol. The third-order valence-corrected chi connectivity index (χ3v) is 8.72. The molecule has 10 aromatic rings. The van der Waals surface area contributed by atoms with Gasteiger partial charge in [-0.2, -0.15) is 0 Å². The van der Waals surface area contributed by atoms with Crippen molar-refractivity contribution in [2.24, 2.45) is 0 Å². The molecule has 0 unspecified atom stereocenters. The first-order valence-corrected chi connectivity index (χ1v) is 14.8. The van der Waals surface area contributed by atoms with Gasteiger partial charge in [0.1, 0.15) is 28.9 Å². The minimum Gasteiger partial charge on any atom is -0.452 e. The Labute approximate surface area is 255 Å². The van der Waals surface area contributed by atoms with Crippen LogP contribution in [-0.2, 0) is 0 Å². The summed E-state index contributed by atoms with van der Waals surface area (Å²) in [6.45, 7) is 0. The Hall–Kier alpha value is -6.34. The molecule has 0 bridgehead atoms. The summed E-state index contributed by atoms with van der Waals surface area (Å²) in [4.78, 5) is 19.3. The molecule has 0 aliphatic carbocycles. The SMILES string of the molecule is c1ccc(-c2nc(-n3c4ccccc4c4cc5c6ccccc6n(-c6ccncn6)c5cc43)nc3c2oc2ccccc23)cc1. The van der Waals surface area contributed by atoms with E-state index in [0.717, 1.165) is 71.8 Å². The molecule has 0 radical (unpaired) electrons. The average molecular weight is 579 g/mol. The van der Waals surface area contributed by atoms with Gasteiger partial charge < -0.3 is 4.42 Å². The first-order chi connectivity index (χ1) is 22.3. The van der Waals surface area contributed by atoms with Crippen molar-refractivity contribution in [3.63, 3.8) is 0 Å². The summed E-state index contributed by atoms with van der Waals surface area (Å²) in [6, 6.07) is 41.6. The van der Waals surface area contributed by atoms with Crippen molar-refractivity contribution in [1.82, 2.24) is 29.1 Å². The highest BCUT2D eigenvalue weighted by Gasteiger charge is 2.22. The van der Waals surface area contributed by atoms with Crippen LogP contribution in [0.4, 0.5) is 0 Å². The van der Waals surface area contributed by atoms with Gasteiger partial charge in [-0.1, -0.05) is 78.9 Å². The number of furan rings is 1. The standard InChI is InChI=1S/C38H22N6O/c1-2-10-23(11-3-1)35-37-36(26-14-6-9-17-33(26)45-37)42-38(41-35)44-30-16-8-5-13-25(30)28-20-27-24-12-4-7-15-29(24)43(31(27)21-32(28)44)34-18-19-39-22-40-34/h1-22H. The van der Waals surface area contributed by atoms with Gasteiger partial charge in [0.05, 0.1) is 22.1 Å². The molecule has 10 rings (SSSR count). The molecule has 0 amide bonds. The molecule has 0 N–H and O–H groups in total. The number of aromatic nitrogens is 6. The van der Waals surface area contributed by atoms with Crippen LogP contribution in [0.5, 0.6) is 0 Å². The second-order valence-electron chi connectivity index (χ2n) is 11.2. The predicted octanol–water partition coefficient (Wildman–Crippen LogP) is 9.03. The zero-order valence-electron chi connectivity index (χ0n) is 23.8. The lowest BCUT2D eigenvalue weighted by Crippen LogP contribution is -2.03. The second kappa shape index (κ2) is 9.08. The first-order valence-electron chi connectivity index (χ1n) is 14.8. The van der Waals surface area contributed by atoms with E-state index in [4.69, 9.17) is 14.4 Å². The number of hydrogen-bond donors (Lipinski definition) is 0. The molecule has 5 heterocycles. The van der Waals surface area contributed by atoms with Gasteiger partial charge in [-0.25, -0.2) is 19.9 Å². The van der Waals surface area contributed by atoms with E-state index in [2.05, 4.69) is 98.0 Å². The number of nitrogens with zero attached hydrogens (tertiary/aromatic N) is 6. The molecule has 0 fully saturated rings. The van der Waals surface area contributed by atoms with Gasteiger partial charge >= 0.3 is 0 Å².